The van der Waals surface area contributed by atoms with Crippen molar-refractivity contribution in [2.75, 3.05) is 0 Å². The van der Waals surface area contributed by atoms with Gasteiger partial charge in [0.2, 0.25) is 6.29 Å². The molecule has 4 nitrogen and oxygen atoms in total. The minimum absolute atomic E-state index is 0.0180. The predicted molar refractivity (Wildman–Crippen MR) is 104 cm³/mol. The number of fused-ring (bicyclic) bond motifs is 5. The van der Waals surface area contributed by atoms with E-state index in [2.05, 4.69) is 0 Å². The predicted octanol–water partition coefficient (Wildman–Crippen LogP) is 6.00. The van der Waals surface area contributed by atoms with E-state index < -0.39 is 35.2 Å². The van der Waals surface area contributed by atoms with Crippen LogP contribution in [0.3, 0.4) is 0 Å². The molecule has 4 rings (SSSR count). The second-order valence-corrected chi connectivity index (χ2v) is 10.2. The van der Waals surface area contributed by atoms with Crippen LogP contribution < -0.4 is 4.74 Å². The molecule has 6 unspecified atom stereocenters. The molecule has 0 radical (unpaired) electrons. The highest BCUT2D eigenvalue weighted by atomic mass is 19.4. The molecule has 1 N–H and O–H groups in total. The van der Waals surface area contributed by atoms with Crippen LogP contribution in [0.15, 0.2) is 18.2 Å². The number of ether oxygens (including phenoxy) is 2. The molecule has 0 aliphatic heterocycles. The first-order valence-corrected chi connectivity index (χ1v) is 10.7. The van der Waals surface area contributed by atoms with Gasteiger partial charge >= 0.3 is 12.1 Å². The van der Waals surface area contributed by atoms with Crippen LogP contribution in [-0.2, 0) is 10.9 Å². The fourth-order valence-corrected chi connectivity index (χ4v) is 5.83. The molecule has 0 aromatic heterocycles. The second kappa shape index (κ2) is 7.43. The maximum absolute atomic E-state index is 13.5. The first-order chi connectivity index (χ1) is 13.9. The third-order valence-electron chi connectivity index (χ3n) is 7.14. The van der Waals surface area contributed by atoms with Crippen molar-refractivity contribution in [1.82, 2.24) is 0 Å². The zero-order valence-electron chi connectivity index (χ0n) is 17.5. The summed E-state index contributed by atoms with van der Waals surface area (Å²) in [6, 6.07) is 2.65. The van der Waals surface area contributed by atoms with E-state index in [9.17, 15) is 23.1 Å². The molecule has 166 valence electrons. The van der Waals surface area contributed by atoms with Crippen LogP contribution >= 0.6 is 0 Å². The lowest BCUT2D eigenvalue weighted by Crippen LogP contribution is -2.42. The molecule has 3 aliphatic carbocycles. The third-order valence-corrected chi connectivity index (χ3v) is 7.14. The van der Waals surface area contributed by atoms with E-state index in [-0.39, 0.29) is 11.7 Å². The lowest BCUT2D eigenvalue weighted by atomic mass is 9.80. The van der Waals surface area contributed by atoms with E-state index in [0.717, 1.165) is 37.0 Å². The van der Waals surface area contributed by atoms with Crippen molar-refractivity contribution < 1.29 is 32.5 Å². The van der Waals surface area contributed by atoms with Crippen LogP contribution in [0.1, 0.15) is 68.8 Å². The Morgan fingerprint density at radius 3 is 2.43 bits per heavy atom. The summed E-state index contributed by atoms with van der Waals surface area (Å²) in [4.78, 5) is 11.3. The highest BCUT2D eigenvalue weighted by molar-refractivity contribution is 5.88. The van der Waals surface area contributed by atoms with Gasteiger partial charge in [-0.25, -0.2) is 4.79 Å². The zero-order chi connectivity index (χ0) is 21.8. The summed E-state index contributed by atoms with van der Waals surface area (Å²) in [7, 11) is 0. The zero-order valence-corrected chi connectivity index (χ0v) is 17.5. The minimum Gasteiger partial charge on any atom is -0.478 e. The van der Waals surface area contributed by atoms with Gasteiger partial charge in [0.05, 0.1) is 17.2 Å². The van der Waals surface area contributed by atoms with Crippen molar-refractivity contribution in [3.8, 4) is 5.75 Å². The SMILES string of the molecule is CC(C)(C)C(Oc1cc(C(=O)O)ccc1C(F)(F)F)OC1CC2CC1C1CCCC21. The Balaban J connectivity index is 1.59. The average Bonchev–Trinajstić information content (AvgIpc) is 3.32. The molecular formula is C23H29F3O4. The van der Waals surface area contributed by atoms with Gasteiger partial charge in [0.15, 0.2) is 0 Å². The summed E-state index contributed by atoms with van der Waals surface area (Å²) in [5.41, 5.74) is -1.83. The van der Waals surface area contributed by atoms with Gasteiger partial charge in [-0.05, 0) is 67.6 Å². The summed E-state index contributed by atoms with van der Waals surface area (Å²) in [5.74, 6) is 0.743. The highest BCUT2D eigenvalue weighted by Gasteiger charge is 2.55. The third kappa shape index (κ3) is 3.93. The Kier molecular flexibility index (Phi) is 5.32. The summed E-state index contributed by atoms with van der Waals surface area (Å²) in [6.07, 6.45) is 0.244. The van der Waals surface area contributed by atoms with Crippen molar-refractivity contribution in [3.05, 3.63) is 29.3 Å². The number of rotatable bonds is 5. The van der Waals surface area contributed by atoms with E-state index in [4.69, 9.17) is 9.47 Å². The van der Waals surface area contributed by atoms with Crippen LogP contribution in [0.4, 0.5) is 13.2 Å². The van der Waals surface area contributed by atoms with Crippen LogP contribution in [0.5, 0.6) is 5.75 Å². The molecule has 0 amide bonds. The quantitative estimate of drug-likeness (QED) is 0.587. The molecule has 6 atom stereocenters. The Morgan fingerprint density at radius 1 is 1.10 bits per heavy atom. The second-order valence-electron chi connectivity index (χ2n) is 10.2. The fourth-order valence-electron chi connectivity index (χ4n) is 5.83. The molecule has 3 aliphatic rings. The average molecular weight is 426 g/mol. The largest absolute Gasteiger partial charge is 0.478 e. The van der Waals surface area contributed by atoms with Crippen molar-refractivity contribution in [3.63, 3.8) is 0 Å². The van der Waals surface area contributed by atoms with Gasteiger partial charge in [-0.3, -0.25) is 0 Å². The van der Waals surface area contributed by atoms with Gasteiger partial charge in [-0.15, -0.1) is 0 Å². The molecule has 0 saturated heterocycles. The molecule has 1 aromatic rings. The van der Waals surface area contributed by atoms with Crippen molar-refractivity contribution in [2.45, 2.75) is 71.4 Å². The van der Waals surface area contributed by atoms with E-state index in [1.54, 1.807) is 0 Å². The summed E-state index contributed by atoms with van der Waals surface area (Å²) in [6.45, 7) is 5.58. The lowest BCUT2D eigenvalue weighted by Gasteiger charge is -2.38. The van der Waals surface area contributed by atoms with E-state index in [1.165, 1.54) is 19.3 Å². The molecular weight excluding hydrogens is 397 g/mol. The molecule has 0 heterocycles. The monoisotopic (exact) mass is 426 g/mol. The molecule has 7 heteroatoms. The Morgan fingerprint density at radius 2 is 1.80 bits per heavy atom. The van der Waals surface area contributed by atoms with E-state index >= 15 is 0 Å². The number of benzene rings is 1. The Bertz CT molecular complexity index is 814. The Labute approximate surface area is 174 Å². The van der Waals surface area contributed by atoms with E-state index in [0.29, 0.717) is 17.8 Å². The molecule has 3 saturated carbocycles. The minimum atomic E-state index is -4.65. The normalized spacial score (nSPS) is 31.6. The van der Waals surface area contributed by atoms with Crippen LogP contribution in [0.2, 0.25) is 0 Å². The van der Waals surface area contributed by atoms with Crippen LogP contribution in [0, 0.1) is 29.1 Å². The first kappa shape index (κ1) is 21.5. The fraction of sp³-hybridized carbons (Fsp3) is 0.696. The molecule has 3 fully saturated rings. The number of hydrogen-bond acceptors (Lipinski definition) is 3. The van der Waals surface area contributed by atoms with Crippen LogP contribution in [0.25, 0.3) is 0 Å². The number of alkyl halides is 3. The van der Waals surface area contributed by atoms with Crippen molar-refractivity contribution in [1.29, 1.82) is 0 Å². The van der Waals surface area contributed by atoms with E-state index in [1.807, 2.05) is 20.8 Å². The van der Waals surface area contributed by atoms with Gasteiger partial charge in [0.25, 0.3) is 0 Å². The number of aromatic carboxylic acids is 1. The molecule has 0 spiro atoms. The molecule has 2 bridgehead atoms. The maximum Gasteiger partial charge on any atom is 0.419 e. The highest BCUT2D eigenvalue weighted by Crippen LogP contribution is 2.59. The summed E-state index contributed by atoms with van der Waals surface area (Å²) in [5, 5.41) is 9.22. The number of carboxylic acid groups (broad SMARTS) is 1. The maximum atomic E-state index is 13.5. The first-order valence-electron chi connectivity index (χ1n) is 10.7. The molecule has 1 aromatic carbocycles. The number of hydrogen-bond donors (Lipinski definition) is 1. The number of halogens is 3. The summed E-state index contributed by atoms with van der Waals surface area (Å²) >= 11 is 0. The van der Waals surface area contributed by atoms with Crippen molar-refractivity contribution in [2.24, 2.45) is 29.1 Å². The summed E-state index contributed by atoms with van der Waals surface area (Å²) < 4.78 is 52.8. The topological polar surface area (TPSA) is 55.8 Å². The van der Waals surface area contributed by atoms with Gasteiger partial charge in [0.1, 0.15) is 5.75 Å². The number of carbonyl (C=O) groups is 1. The van der Waals surface area contributed by atoms with Gasteiger partial charge in [-0.2, -0.15) is 13.2 Å². The Hall–Kier alpha value is -1.76. The smallest absolute Gasteiger partial charge is 0.419 e. The van der Waals surface area contributed by atoms with Gasteiger partial charge < -0.3 is 14.6 Å². The lowest BCUT2D eigenvalue weighted by molar-refractivity contribution is -0.191. The molecule has 30 heavy (non-hydrogen) atoms. The van der Waals surface area contributed by atoms with Crippen molar-refractivity contribution >= 4 is 5.97 Å². The number of carboxylic acids is 1. The van der Waals surface area contributed by atoms with Gasteiger partial charge in [0, 0.05) is 5.41 Å². The van der Waals surface area contributed by atoms with Crippen LogP contribution in [-0.4, -0.2) is 23.5 Å². The van der Waals surface area contributed by atoms with Gasteiger partial charge in [-0.1, -0.05) is 27.2 Å². The standard InChI is InChI=1S/C23H29F3O4/c1-22(2,3)21(29-18-11-13-9-16(18)15-6-4-5-14(13)15)30-19-10-12(20(27)28)7-8-17(19)23(24,25)26/h7-8,10,13-16,18,21H,4-6,9,11H2,1-3H3,(H,27,28).